The molecule has 3 aliphatic rings. The number of para-hydroxylation sites is 1. The minimum absolute atomic E-state index is 0.295. The van der Waals surface area contributed by atoms with Crippen LogP contribution in [0.3, 0.4) is 0 Å². The number of likely N-dealkylation sites (tertiary alicyclic amines) is 1. The van der Waals surface area contributed by atoms with E-state index in [1.54, 1.807) is 0 Å². The molecule has 1 aliphatic carbocycles. The van der Waals surface area contributed by atoms with Crippen LogP contribution in [-0.4, -0.2) is 48.0 Å². The monoisotopic (exact) mass is 434 g/mol. The number of piperidine rings is 2. The second kappa shape index (κ2) is 10.2. The van der Waals surface area contributed by atoms with E-state index in [0.717, 1.165) is 63.9 Å². The van der Waals surface area contributed by atoms with Gasteiger partial charge in [-0.15, -0.1) is 0 Å². The third-order valence-electron chi connectivity index (χ3n) is 7.78. The third-order valence-corrected chi connectivity index (χ3v) is 7.78. The summed E-state index contributed by atoms with van der Waals surface area (Å²) in [6, 6.07) is 11.3. The largest absolute Gasteiger partial charge is 0.356 e. The predicted molar refractivity (Wildman–Crippen MR) is 131 cm³/mol. The zero-order valence-corrected chi connectivity index (χ0v) is 19.4. The van der Waals surface area contributed by atoms with Gasteiger partial charge in [-0.2, -0.15) is 0 Å². The van der Waals surface area contributed by atoms with Crippen LogP contribution in [0.2, 0.25) is 0 Å². The van der Waals surface area contributed by atoms with E-state index in [9.17, 15) is 4.79 Å². The van der Waals surface area contributed by atoms with Gasteiger partial charge < -0.3 is 15.1 Å². The lowest BCUT2D eigenvalue weighted by Crippen LogP contribution is -2.47. The highest BCUT2D eigenvalue weighted by molar-refractivity contribution is 5.82. The molecule has 2 aliphatic heterocycles. The third kappa shape index (κ3) is 4.93. The molecule has 2 saturated heterocycles. The van der Waals surface area contributed by atoms with Crippen molar-refractivity contribution in [1.29, 1.82) is 0 Å². The van der Waals surface area contributed by atoms with Crippen LogP contribution < -0.4 is 10.2 Å². The number of pyridine rings is 1. The van der Waals surface area contributed by atoms with Gasteiger partial charge in [-0.05, 0) is 57.1 Å². The fraction of sp³-hybridized carbons (Fsp3) is 0.630. The molecule has 1 aromatic heterocycles. The molecule has 3 heterocycles. The average Bonchev–Trinajstić information content (AvgIpc) is 2.88. The quantitative estimate of drug-likeness (QED) is 0.728. The van der Waals surface area contributed by atoms with Gasteiger partial charge in [-0.1, -0.05) is 37.5 Å². The van der Waals surface area contributed by atoms with Crippen LogP contribution in [0.25, 0.3) is 10.9 Å². The van der Waals surface area contributed by atoms with E-state index in [1.807, 2.05) is 0 Å². The number of amides is 1. The van der Waals surface area contributed by atoms with E-state index in [2.05, 4.69) is 45.4 Å². The van der Waals surface area contributed by atoms with E-state index in [1.165, 1.54) is 55.3 Å². The smallest absolute Gasteiger partial charge is 0.225 e. The Labute approximate surface area is 192 Å². The number of fused-ring (bicyclic) bond motifs is 1. The number of hydrogen-bond acceptors (Lipinski definition) is 4. The molecule has 1 saturated carbocycles. The van der Waals surface area contributed by atoms with Crippen molar-refractivity contribution >= 4 is 22.6 Å². The van der Waals surface area contributed by atoms with Crippen LogP contribution in [0.15, 0.2) is 30.3 Å². The Bertz CT molecular complexity index is 909. The summed E-state index contributed by atoms with van der Waals surface area (Å²) in [5.74, 6) is 1.89. The second-order valence-corrected chi connectivity index (χ2v) is 10.0. The van der Waals surface area contributed by atoms with Crippen LogP contribution in [0.4, 0.5) is 5.82 Å². The fourth-order valence-electron chi connectivity index (χ4n) is 5.83. The zero-order chi connectivity index (χ0) is 21.8. The number of hydrogen-bond donors (Lipinski definition) is 1. The van der Waals surface area contributed by atoms with Crippen molar-refractivity contribution < 1.29 is 4.79 Å². The minimum atomic E-state index is 0.295. The van der Waals surface area contributed by atoms with Gasteiger partial charge in [0.1, 0.15) is 5.82 Å². The van der Waals surface area contributed by atoms with Crippen LogP contribution in [0.1, 0.15) is 69.8 Å². The molecule has 5 heteroatoms. The van der Waals surface area contributed by atoms with Crippen molar-refractivity contribution in [3.63, 3.8) is 0 Å². The molecule has 1 amide bonds. The van der Waals surface area contributed by atoms with Gasteiger partial charge in [0.05, 0.1) is 5.52 Å². The first kappa shape index (κ1) is 21.7. The highest BCUT2D eigenvalue weighted by atomic mass is 16.2. The summed E-state index contributed by atoms with van der Waals surface area (Å²) in [4.78, 5) is 22.6. The second-order valence-electron chi connectivity index (χ2n) is 10.0. The summed E-state index contributed by atoms with van der Waals surface area (Å²) < 4.78 is 0. The predicted octanol–water partition coefficient (Wildman–Crippen LogP) is 4.89. The SMILES string of the molecule is O=C(C1CCCCC1)N1CCC(NCc2cc3ccccc3nc2N2CCCCC2)CC1. The van der Waals surface area contributed by atoms with Crippen LogP contribution in [0, 0.1) is 5.92 Å². The van der Waals surface area contributed by atoms with Crippen molar-refractivity contribution in [1.82, 2.24) is 15.2 Å². The first-order valence-electron chi connectivity index (χ1n) is 12.9. The minimum Gasteiger partial charge on any atom is -0.356 e. The highest BCUT2D eigenvalue weighted by Gasteiger charge is 2.29. The van der Waals surface area contributed by atoms with Gasteiger partial charge in [0.15, 0.2) is 0 Å². The average molecular weight is 435 g/mol. The zero-order valence-electron chi connectivity index (χ0n) is 19.4. The van der Waals surface area contributed by atoms with Gasteiger partial charge in [0.25, 0.3) is 0 Å². The Morgan fingerprint density at radius 1 is 0.906 bits per heavy atom. The van der Waals surface area contributed by atoms with Crippen molar-refractivity contribution in [3.8, 4) is 0 Å². The number of carbonyl (C=O) groups excluding carboxylic acids is 1. The van der Waals surface area contributed by atoms with Crippen LogP contribution in [0.5, 0.6) is 0 Å². The molecule has 0 bridgehead atoms. The maximum absolute atomic E-state index is 12.9. The number of aromatic nitrogens is 1. The van der Waals surface area contributed by atoms with Gasteiger partial charge >= 0.3 is 0 Å². The summed E-state index contributed by atoms with van der Waals surface area (Å²) >= 11 is 0. The van der Waals surface area contributed by atoms with Gasteiger partial charge in [-0.25, -0.2) is 4.98 Å². The van der Waals surface area contributed by atoms with Crippen molar-refractivity contribution in [3.05, 3.63) is 35.9 Å². The summed E-state index contributed by atoms with van der Waals surface area (Å²) in [5, 5.41) is 5.04. The molecule has 2 aromatic rings. The Balaban J connectivity index is 1.22. The first-order valence-corrected chi connectivity index (χ1v) is 12.9. The number of carbonyl (C=O) groups is 1. The molecule has 172 valence electrons. The lowest BCUT2D eigenvalue weighted by molar-refractivity contribution is -0.137. The van der Waals surface area contributed by atoms with Crippen molar-refractivity contribution in [2.24, 2.45) is 5.92 Å². The maximum Gasteiger partial charge on any atom is 0.225 e. The molecule has 1 N–H and O–H groups in total. The van der Waals surface area contributed by atoms with Gasteiger partial charge in [-0.3, -0.25) is 4.79 Å². The summed E-state index contributed by atoms with van der Waals surface area (Å²) in [6.45, 7) is 4.88. The molecule has 0 spiro atoms. The highest BCUT2D eigenvalue weighted by Crippen LogP contribution is 2.28. The molecule has 1 aromatic carbocycles. The standard InChI is InChI=1S/C27H38N4O/c32-27(21-9-3-1-4-10-21)31-17-13-24(14-18-31)28-20-23-19-22-11-5-6-12-25(22)29-26(23)30-15-7-2-8-16-30/h5-6,11-12,19,21,24,28H,1-4,7-10,13-18,20H2. The lowest BCUT2D eigenvalue weighted by Gasteiger charge is -2.36. The lowest BCUT2D eigenvalue weighted by atomic mass is 9.87. The van der Waals surface area contributed by atoms with E-state index >= 15 is 0 Å². The summed E-state index contributed by atoms with van der Waals surface area (Å²) in [6.07, 6.45) is 11.9. The molecule has 5 rings (SSSR count). The number of nitrogens with one attached hydrogen (secondary N) is 1. The maximum atomic E-state index is 12.9. The van der Waals surface area contributed by atoms with Crippen LogP contribution in [-0.2, 0) is 11.3 Å². The molecule has 5 nitrogen and oxygen atoms in total. The van der Waals surface area contributed by atoms with Crippen LogP contribution >= 0.6 is 0 Å². The molecule has 0 unspecified atom stereocenters. The number of nitrogens with zero attached hydrogens (tertiary/aromatic N) is 3. The Morgan fingerprint density at radius 3 is 2.41 bits per heavy atom. The molecule has 32 heavy (non-hydrogen) atoms. The van der Waals surface area contributed by atoms with E-state index < -0.39 is 0 Å². The van der Waals surface area contributed by atoms with Gasteiger partial charge in [0.2, 0.25) is 5.91 Å². The van der Waals surface area contributed by atoms with E-state index in [-0.39, 0.29) is 0 Å². The number of benzene rings is 1. The molecular weight excluding hydrogens is 396 g/mol. The Hall–Kier alpha value is -2.14. The number of anilines is 1. The van der Waals surface area contributed by atoms with Crippen molar-refractivity contribution in [2.45, 2.75) is 76.8 Å². The van der Waals surface area contributed by atoms with Gasteiger partial charge in [0, 0.05) is 55.6 Å². The Morgan fingerprint density at radius 2 is 1.62 bits per heavy atom. The Kier molecular flexibility index (Phi) is 6.92. The summed E-state index contributed by atoms with van der Waals surface area (Å²) in [5.41, 5.74) is 2.40. The van der Waals surface area contributed by atoms with Crippen molar-refractivity contribution in [2.75, 3.05) is 31.1 Å². The van der Waals surface area contributed by atoms with E-state index in [4.69, 9.17) is 4.98 Å². The first-order chi connectivity index (χ1) is 15.8. The normalized spacial score (nSPS) is 21.2. The molecule has 3 fully saturated rings. The molecule has 0 radical (unpaired) electrons. The topological polar surface area (TPSA) is 48.5 Å². The summed E-state index contributed by atoms with van der Waals surface area (Å²) in [7, 11) is 0. The fourth-order valence-corrected chi connectivity index (χ4v) is 5.83. The number of rotatable bonds is 5. The molecular formula is C27H38N4O. The van der Waals surface area contributed by atoms with E-state index in [0.29, 0.717) is 17.9 Å². The molecule has 0 atom stereocenters.